The van der Waals surface area contributed by atoms with Crippen molar-refractivity contribution in [3.8, 4) is 5.75 Å². The highest BCUT2D eigenvalue weighted by molar-refractivity contribution is 5.89. The van der Waals surface area contributed by atoms with Gasteiger partial charge in [0.25, 0.3) is 0 Å². The molecule has 2 rings (SSSR count). The molecule has 1 amide bonds. The van der Waals surface area contributed by atoms with E-state index in [9.17, 15) is 14.4 Å². The number of benzene rings is 2. The fraction of sp³-hybridized carbons (Fsp3) is 0.423. The molecule has 0 aliphatic heterocycles. The predicted molar refractivity (Wildman–Crippen MR) is 124 cm³/mol. The van der Waals surface area contributed by atoms with Gasteiger partial charge >= 0.3 is 11.9 Å². The first kappa shape index (κ1) is 26.1. The molecule has 0 radical (unpaired) electrons. The number of amides is 1. The molecule has 0 saturated heterocycles. The van der Waals surface area contributed by atoms with E-state index in [0.29, 0.717) is 24.2 Å². The van der Waals surface area contributed by atoms with E-state index in [2.05, 4.69) is 12.4 Å². The highest BCUT2D eigenvalue weighted by Crippen LogP contribution is 2.17. The van der Waals surface area contributed by atoms with Crippen molar-refractivity contribution < 1.29 is 28.7 Å². The summed E-state index contributed by atoms with van der Waals surface area (Å²) in [5.41, 5.74) is 4.41. The van der Waals surface area contributed by atoms with Crippen molar-refractivity contribution in [1.29, 1.82) is 0 Å². The van der Waals surface area contributed by atoms with Gasteiger partial charge in [-0.05, 0) is 74.9 Å². The van der Waals surface area contributed by atoms with Crippen LogP contribution < -0.4 is 10.2 Å². The highest BCUT2D eigenvalue weighted by atomic mass is 16.6. The highest BCUT2D eigenvalue weighted by Gasteiger charge is 2.17. The first-order chi connectivity index (χ1) is 15.5. The Balaban J connectivity index is 1.68. The SMILES string of the molecule is CC(=O)Oc1ccc(CONC(=O)CCC(C)Cc2ccc(C(=O)OC(C)(C)C)cc2)cc1. The van der Waals surface area contributed by atoms with Crippen molar-refractivity contribution in [1.82, 2.24) is 5.48 Å². The van der Waals surface area contributed by atoms with Crippen molar-refractivity contribution in [2.45, 2.75) is 66.1 Å². The minimum Gasteiger partial charge on any atom is -0.456 e. The van der Waals surface area contributed by atoms with Crippen LogP contribution in [0, 0.1) is 5.92 Å². The van der Waals surface area contributed by atoms with Crippen LogP contribution >= 0.6 is 0 Å². The van der Waals surface area contributed by atoms with Crippen LogP contribution in [0.5, 0.6) is 5.75 Å². The maximum absolute atomic E-state index is 12.1. The Kier molecular flexibility index (Phi) is 9.60. The third-order valence-electron chi connectivity index (χ3n) is 4.65. The van der Waals surface area contributed by atoms with E-state index in [0.717, 1.165) is 17.5 Å². The van der Waals surface area contributed by atoms with Crippen molar-refractivity contribution in [3.63, 3.8) is 0 Å². The Hall–Kier alpha value is -3.19. The van der Waals surface area contributed by atoms with Gasteiger partial charge in [-0.25, -0.2) is 10.3 Å². The molecule has 0 saturated carbocycles. The maximum Gasteiger partial charge on any atom is 0.338 e. The summed E-state index contributed by atoms with van der Waals surface area (Å²) in [5.74, 6) is -0.142. The van der Waals surface area contributed by atoms with E-state index in [1.807, 2.05) is 32.9 Å². The smallest absolute Gasteiger partial charge is 0.338 e. The van der Waals surface area contributed by atoms with Gasteiger partial charge in [0.05, 0.1) is 12.2 Å². The Morgan fingerprint density at radius 2 is 1.55 bits per heavy atom. The topological polar surface area (TPSA) is 90.9 Å². The van der Waals surface area contributed by atoms with Gasteiger partial charge < -0.3 is 9.47 Å². The molecule has 0 aliphatic rings. The molecule has 7 nitrogen and oxygen atoms in total. The van der Waals surface area contributed by atoms with Gasteiger partial charge in [-0.15, -0.1) is 0 Å². The van der Waals surface area contributed by atoms with Crippen LogP contribution in [-0.4, -0.2) is 23.4 Å². The lowest BCUT2D eigenvalue weighted by Gasteiger charge is -2.19. The first-order valence-electron chi connectivity index (χ1n) is 11.0. The van der Waals surface area contributed by atoms with E-state index >= 15 is 0 Å². The van der Waals surface area contributed by atoms with E-state index in [4.69, 9.17) is 14.3 Å². The Morgan fingerprint density at radius 3 is 2.12 bits per heavy atom. The summed E-state index contributed by atoms with van der Waals surface area (Å²) in [4.78, 5) is 40.4. The second-order valence-electron chi connectivity index (χ2n) is 9.10. The Morgan fingerprint density at radius 1 is 0.939 bits per heavy atom. The molecule has 178 valence electrons. The average Bonchev–Trinajstić information content (AvgIpc) is 2.72. The van der Waals surface area contributed by atoms with Gasteiger partial charge in [0.1, 0.15) is 11.4 Å². The van der Waals surface area contributed by atoms with Crippen molar-refractivity contribution >= 4 is 17.8 Å². The van der Waals surface area contributed by atoms with Crippen LogP contribution in [0.3, 0.4) is 0 Å². The third kappa shape index (κ3) is 10.3. The lowest BCUT2D eigenvalue weighted by molar-refractivity contribution is -0.135. The largest absolute Gasteiger partial charge is 0.456 e. The number of esters is 2. The number of hydroxylamine groups is 1. The van der Waals surface area contributed by atoms with Gasteiger partial charge in [0.15, 0.2) is 0 Å². The molecule has 33 heavy (non-hydrogen) atoms. The number of carbonyl (C=O) groups excluding carboxylic acids is 3. The summed E-state index contributed by atoms with van der Waals surface area (Å²) in [6.07, 6.45) is 1.86. The molecule has 0 heterocycles. The standard InChI is InChI=1S/C26H33NO6/c1-18(16-20-7-11-22(12-8-20)25(30)33-26(3,4)5)6-15-24(29)27-31-17-21-9-13-23(14-10-21)32-19(2)28/h7-14,18H,6,15-17H2,1-5H3,(H,27,29). The molecule has 2 aromatic rings. The molecule has 1 atom stereocenters. The molecule has 2 aromatic carbocycles. The summed E-state index contributed by atoms with van der Waals surface area (Å²) in [7, 11) is 0. The monoisotopic (exact) mass is 455 g/mol. The molecular weight excluding hydrogens is 422 g/mol. The van der Waals surface area contributed by atoms with E-state index in [-0.39, 0.29) is 30.4 Å². The Labute approximate surface area is 195 Å². The zero-order valence-electron chi connectivity index (χ0n) is 20.0. The van der Waals surface area contributed by atoms with E-state index in [1.165, 1.54) is 6.92 Å². The summed E-state index contributed by atoms with van der Waals surface area (Å²) >= 11 is 0. The molecular formula is C26H33NO6. The van der Waals surface area contributed by atoms with Crippen molar-refractivity contribution in [3.05, 3.63) is 65.2 Å². The maximum atomic E-state index is 12.1. The number of hydrogen-bond acceptors (Lipinski definition) is 6. The van der Waals surface area contributed by atoms with Gasteiger partial charge in [-0.3, -0.25) is 14.4 Å². The second kappa shape index (κ2) is 12.2. The van der Waals surface area contributed by atoms with E-state index < -0.39 is 5.60 Å². The van der Waals surface area contributed by atoms with E-state index in [1.54, 1.807) is 36.4 Å². The van der Waals surface area contributed by atoms with Crippen molar-refractivity contribution in [2.75, 3.05) is 0 Å². The quantitative estimate of drug-likeness (QED) is 0.315. The summed E-state index contributed by atoms with van der Waals surface area (Å²) in [5, 5.41) is 0. The van der Waals surface area contributed by atoms with Crippen LogP contribution in [-0.2, 0) is 32.2 Å². The van der Waals surface area contributed by atoms with Crippen molar-refractivity contribution in [2.24, 2.45) is 5.92 Å². The molecule has 7 heteroatoms. The molecule has 0 bridgehead atoms. The molecule has 1 N–H and O–H groups in total. The van der Waals surface area contributed by atoms with Gasteiger partial charge in [-0.2, -0.15) is 0 Å². The van der Waals surface area contributed by atoms with Crippen LogP contribution in [0.4, 0.5) is 0 Å². The Bertz CT molecular complexity index is 929. The lowest BCUT2D eigenvalue weighted by atomic mass is 9.96. The predicted octanol–water partition coefficient (Wildman–Crippen LogP) is 4.77. The van der Waals surface area contributed by atoms with Crippen LogP contribution in [0.2, 0.25) is 0 Å². The zero-order valence-corrected chi connectivity index (χ0v) is 20.0. The van der Waals surface area contributed by atoms with Gasteiger partial charge in [0.2, 0.25) is 5.91 Å². The molecule has 0 aliphatic carbocycles. The fourth-order valence-electron chi connectivity index (χ4n) is 3.07. The molecule has 0 aromatic heterocycles. The molecule has 0 spiro atoms. The number of carbonyl (C=O) groups is 3. The molecule has 0 fully saturated rings. The third-order valence-corrected chi connectivity index (χ3v) is 4.65. The summed E-state index contributed by atoms with van der Waals surface area (Å²) < 4.78 is 10.3. The molecule has 1 unspecified atom stereocenters. The second-order valence-corrected chi connectivity index (χ2v) is 9.10. The zero-order chi connectivity index (χ0) is 24.4. The van der Waals surface area contributed by atoms with Crippen LogP contribution in [0.1, 0.15) is 68.9 Å². The van der Waals surface area contributed by atoms with Gasteiger partial charge in [-0.1, -0.05) is 31.2 Å². The number of hydrogen-bond donors (Lipinski definition) is 1. The minimum absolute atomic E-state index is 0.182. The number of ether oxygens (including phenoxy) is 2. The van der Waals surface area contributed by atoms with Crippen LogP contribution in [0.25, 0.3) is 0 Å². The van der Waals surface area contributed by atoms with Crippen LogP contribution in [0.15, 0.2) is 48.5 Å². The first-order valence-corrected chi connectivity index (χ1v) is 11.0. The fourth-order valence-corrected chi connectivity index (χ4v) is 3.07. The normalized spacial score (nSPS) is 12.0. The number of rotatable bonds is 10. The lowest BCUT2D eigenvalue weighted by Crippen LogP contribution is -2.24. The minimum atomic E-state index is -0.523. The van der Waals surface area contributed by atoms with Gasteiger partial charge in [0, 0.05) is 13.3 Å². The summed E-state index contributed by atoms with van der Waals surface area (Å²) in [6, 6.07) is 14.3. The summed E-state index contributed by atoms with van der Waals surface area (Å²) in [6.45, 7) is 9.16. The number of nitrogens with one attached hydrogen (secondary N) is 1. The average molecular weight is 456 g/mol.